The molecule has 1 fully saturated rings. The van der Waals surface area contributed by atoms with E-state index in [2.05, 4.69) is 5.48 Å². The first kappa shape index (κ1) is 14.2. The van der Waals surface area contributed by atoms with Crippen LogP contribution in [0.2, 0.25) is 0 Å². The summed E-state index contributed by atoms with van der Waals surface area (Å²) in [6.07, 6.45) is 5.66. The van der Waals surface area contributed by atoms with Gasteiger partial charge in [-0.1, -0.05) is 0 Å². The maximum atomic E-state index is 11.5. The zero-order valence-corrected chi connectivity index (χ0v) is 11.0. The van der Waals surface area contributed by atoms with Gasteiger partial charge in [0.05, 0.1) is 5.41 Å². The molecule has 0 aromatic heterocycles. The van der Waals surface area contributed by atoms with Gasteiger partial charge in [0.15, 0.2) is 0 Å². The van der Waals surface area contributed by atoms with Gasteiger partial charge >= 0.3 is 5.97 Å². The smallest absolute Gasteiger partial charge is 0.329 e. The van der Waals surface area contributed by atoms with E-state index in [9.17, 15) is 9.59 Å². The van der Waals surface area contributed by atoms with Crippen molar-refractivity contribution in [3.05, 3.63) is 0 Å². The summed E-state index contributed by atoms with van der Waals surface area (Å²) in [6.45, 7) is 5.49. The fourth-order valence-electron chi connectivity index (χ4n) is 1.94. The molecule has 0 amide bonds. The molecule has 1 aliphatic carbocycles. The van der Waals surface area contributed by atoms with E-state index in [1.807, 2.05) is 20.8 Å². The fraction of sp³-hybridized carbons (Fsp3) is 0.846. The summed E-state index contributed by atoms with van der Waals surface area (Å²) in [4.78, 5) is 27.0. The molecule has 1 aliphatic rings. The van der Waals surface area contributed by atoms with Crippen molar-refractivity contribution in [1.82, 2.24) is 5.48 Å². The Morgan fingerprint density at radius 3 is 2.35 bits per heavy atom. The quantitative estimate of drug-likeness (QED) is 0.605. The third-order valence-electron chi connectivity index (χ3n) is 3.21. The Kier molecular flexibility index (Phi) is 5.12. The number of carbonyl (C=O) groups excluding carboxylic acids is 2. The van der Waals surface area contributed by atoms with Gasteiger partial charge in [-0.25, -0.2) is 4.79 Å². The first-order chi connectivity index (χ1) is 7.93. The van der Waals surface area contributed by atoms with Gasteiger partial charge in [0, 0.05) is 12.5 Å². The van der Waals surface area contributed by atoms with Crippen LogP contribution in [0.5, 0.6) is 0 Å². The van der Waals surface area contributed by atoms with Crippen molar-refractivity contribution in [3.8, 4) is 0 Å². The Labute approximate surface area is 103 Å². The summed E-state index contributed by atoms with van der Waals surface area (Å²) in [5, 5.41) is 0. The van der Waals surface area contributed by atoms with E-state index in [-0.39, 0.29) is 12.0 Å². The van der Waals surface area contributed by atoms with Gasteiger partial charge in [0.1, 0.15) is 6.29 Å². The first-order valence-corrected chi connectivity index (χ1v) is 6.34. The van der Waals surface area contributed by atoms with E-state index in [4.69, 9.17) is 4.84 Å². The van der Waals surface area contributed by atoms with Crippen LogP contribution in [0.1, 0.15) is 52.9 Å². The second kappa shape index (κ2) is 6.15. The van der Waals surface area contributed by atoms with E-state index in [1.54, 1.807) is 0 Å². The van der Waals surface area contributed by atoms with Crippen molar-refractivity contribution in [3.63, 3.8) is 0 Å². The van der Waals surface area contributed by atoms with E-state index in [0.717, 1.165) is 32.0 Å². The molecule has 0 spiro atoms. The molecule has 1 N–H and O–H groups in total. The van der Waals surface area contributed by atoms with Gasteiger partial charge in [0.2, 0.25) is 0 Å². The van der Waals surface area contributed by atoms with Gasteiger partial charge in [-0.3, -0.25) is 0 Å². The number of hydrogen-bond acceptors (Lipinski definition) is 4. The molecule has 0 saturated heterocycles. The molecule has 98 valence electrons. The summed E-state index contributed by atoms with van der Waals surface area (Å²) in [7, 11) is 0. The Morgan fingerprint density at radius 1 is 1.29 bits per heavy atom. The molecular weight excluding hydrogens is 218 g/mol. The first-order valence-electron chi connectivity index (χ1n) is 6.34. The largest absolute Gasteiger partial charge is 0.370 e. The highest BCUT2D eigenvalue weighted by Crippen LogP contribution is 2.26. The maximum absolute atomic E-state index is 11.5. The topological polar surface area (TPSA) is 55.4 Å². The van der Waals surface area contributed by atoms with Gasteiger partial charge in [-0.2, -0.15) is 5.48 Å². The Bertz CT molecular complexity index is 262. The molecule has 0 bridgehead atoms. The molecular formula is C13H23NO3. The van der Waals surface area contributed by atoms with E-state index >= 15 is 0 Å². The summed E-state index contributed by atoms with van der Waals surface area (Å²) in [5.74, 6) is 0.288. The van der Waals surface area contributed by atoms with Crippen LogP contribution in [0.25, 0.3) is 0 Å². The van der Waals surface area contributed by atoms with Crippen molar-refractivity contribution < 1.29 is 14.4 Å². The summed E-state index contributed by atoms with van der Waals surface area (Å²) < 4.78 is 0. The van der Waals surface area contributed by atoms with E-state index in [1.165, 1.54) is 0 Å². The van der Waals surface area contributed by atoms with Gasteiger partial charge in [0.25, 0.3) is 0 Å². The van der Waals surface area contributed by atoms with Crippen LogP contribution in [0, 0.1) is 11.3 Å². The Morgan fingerprint density at radius 2 is 1.88 bits per heavy atom. The molecule has 0 radical (unpaired) electrons. The molecule has 0 aromatic rings. The number of hydrogen-bond donors (Lipinski definition) is 1. The molecule has 1 rings (SSSR count). The number of aldehydes is 1. The molecule has 4 nitrogen and oxygen atoms in total. The van der Waals surface area contributed by atoms with Crippen molar-refractivity contribution in [2.45, 2.75) is 58.9 Å². The maximum Gasteiger partial charge on any atom is 0.329 e. The second-order valence-electron chi connectivity index (χ2n) is 5.88. The predicted molar refractivity (Wildman–Crippen MR) is 65.1 cm³/mol. The molecule has 0 unspecified atom stereocenters. The third-order valence-corrected chi connectivity index (χ3v) is 3.21. The van der Waals surface area contributed by atoms with Crippen LogP contribution in [0.4, 0.5) is 0 Å². The van der Waals surface area contributed by atoms with Gasteiger partial charge in [-0.15, -0.1) is 0 Å². The standard InChI is InChI=1S/C13H23NO3/c1-13(2,3)12(16)17-14-11-6-4-10(5-7-11)8-9-15/h9-11,14H,4-8H2,1-3H3. The van der Waals surface area contributed by atoms with Crippen molar-refractivity contribution >= 4 is 12.3 Å². The number of hydroxylamine groups is 1. The van der Waals surface area contributed by atoms with Gasteiger partial charge in [-0.05, 0) is 52.4 Å². The van der Waals surface area contributed by atoms with Crippen LogP contribution in [0.3, 0.4) is 0 Å². The zero-order chi connectivity index (χ0) is 12.9. The zero-order valence-electron chi connectivity index (χ0n) is 11.0. The van der Waals surface area contributed by atoms with Crippen LogP contribution < -0.4 is 5.48 Å². The minimum absolute atomic E-state index is 0.229. The summed E-state index contributed by atoms with van der Waals surface area (Å²) in [6, 6.07) is 0.240. The SMILES string of the molecule is CC(C)(C)C(=O)ONC1CCC(CC=O)CC1. The number of rotatable bonds is 4. The average molecular weight is 241 g/mol. The number of carbonyl (C=O) groups is 2. The lowest BCUT2D eigenvalue weighted by atomic mass is 9.85. The second-order valence-corrected chi connectivity index (χ2v) is 5.88. The molecule has 0 aromatic carbocycles. The normalized spacial score (nSPS) is 25.4. The van der Waals surface area contributed by atoms with Crippen LogP contribution in [-0.2, 0) is 14.4 Å². The molecule has 0 aliphatic heterocycles. The molecule has 17 heavy (non-hydrogen) atoms. The predicted octanol–water partition coefficient (Wildman–Crippen LogP) is 2.23. The van der Waals surface area contributed by atoms with E-state index in [0.29, 0.717) is 12.3 Å². The fourth-order valence-corrected chi connectivity index (χ4v) is 1.94. The molecule has 0 atom stereocenters. The summed E-state index contributed by atoms with van der Waals surface area (Å²) in [5.41, 5.74) is 2.38. The lowest BCUT2D eigenvalue weighted by Crippen LogP contribution is -2.38. The van der Waals surface area contributed by atoms with Crippen LogP contribution in [-0.4, -0.2) is 18.3 Å². The number of nitrogens with one attached hydrogen (secondary N) is 1. The Hall–Kier alpha value is -0.900. The molecule has 4 heteroatoms. The average Bonchev–Trinajstić information content (AvgIpc) is 2.27. The lowest BCUT2D eigenvalue weighted by molar-refractivity contribution is -0.163. The third kappa shape index (κ3) is 4.86. The highest BCUT2D eigenvalue weighted by atomic mass is 16.7. The van der Waals surface area contributed by atoms with Crippen molar-refractivity contribution in [2.75, 3.05) is 0 Å². The summed E-state index contributed by atoms with van der Waals surface area (Å²) >= 11 is 0. The van der Waals surface area contributed by atoms with Gasteiger partial charge < -0.3 is 9.63 Å². The monoisotopic (exact) mass is 241 g/mol. The lowest BCUT2D eigenvalue weighted by Gasteiger charge is -2.28. The molecule has 1 saturated carbocycles. The minimum atomic E-state index is -0.471. The van der Waals surface area contributed by atoms with Crippen molar-refractivity contribution in [2.24, 2.45) is 11.3 Å². The van der Waals surface area contributed by atoms with Crippen molar-refractivity contribution in [1.29, 1.82) is 0 Å². The highest BCUT2D eigenvalue weighted by Gasteiger charge is 2.26. The van der Waals surface area contributed by atoms with Crippen LogP contribution >= 0.6 is 0 Å². The minimum Gasteiger partial charge on any atom is -0.370 e. The Balaban J connectivity index is 2.23. The molecule has 0 heterocycles. The van der Waals surface area contributed by atoms with Crippen LogP contribution in [0.15, 0.2) is 0 Å². The van der Waals surface area contributed by atoms with E-state index < -0.39 is 5.41 Å². The highest BCUT2D eigenvalue weighted by molar-refractivity contribution is 5.75.